The van der Waals surface area contributed by atoms with E-state index >= 15 is 0 Å². The largest absolute Gasteiger partial charge is 0.490 e. The zero-order valence-electron chi connectivity index (χ0n) is 9.83. The first-order valence-corrected chi connectivity index (χ1v) is 6.25. The maximum atomic E-state index is 9.93. The Hall–Kier alpha value is -1.86. The Labute approximate surface area is 108 Å². The van der Waals surface area contributed by atoms with Gasteiger partial charge in [0.1, 0.15) is 6.33 Å². The molecule has 1 unspecified atom stereocenters. The molecule has 1 atom stereocenters. The monoisotopic (exact) mass is 266 g/mol. The van der Waals surface area contributed by atoms with Gasteiger partial charge in [0.2, 0.25) is 5.75 Å². The van der Waals surface area contributed by atoms with E-state index < -0.39 is 6.10 Å². The summed E-state index contributed by atoms with van der Waals surface area (Å²) in [5, 5.41) is 16.7. The standard InChI is InChI=1S/C11H14N4O2S/c1-17-9-10(12)14-6-15-11(9)13-4-8(16)7-2-3-18-5-7/h2-3,5-6,8,16H,4H2,1H3,(H3,12,13,14,15). The van der Waals surface area contributed by atoms with Gasteiger partial charge in [-0.1, -0.05) is 0 Å². The number of aliphatic hydroxyl groups is 1. The van der Waals surface area contributed by atoms with Gasteiger partial charge < -0.3 is 20.9 Å². The predicted octanol–water partition coefficient (Wildman–Crippen LogP) is 1.27. The lowest BCUT2D eigenvalue weighted by Gasteiger charge is -2.13. The second-order valence-corrected chi connectivity index (χ2v) is 4.37. The van der Waals surface area contributed by atoms with Crippen LogP contribution in [0.4, 0.5) is 11.6 Å². The van der Waals surface area contributed by atoms with Crippen LogP contribution >= 0.6 is 11.3 Å². The Morgan fingerprint density at radius 2 is 2.39 bits per heavy atom. The molecule has 96 valence electrons. The lowest BCUT2D eigenvalue weighted by Crippen LogP contribution is -2.14. The second-order valence-electron chi connectivity index (χ2n) is 3.59. The summed E-state index contributed by atoms with van der Waals surface area (Å²) in [6.45, 7) is 0.323. The number of nitrogens with zero attached hydrogens (tertiary/aromatic N) is 2. The normalized spacial score (nSPS) is 12.1. The van der Waals surface area contributed by atoms with Gasteiger partial charge in [0.15, 0.2) is 11.6 Å². The summed E-state index contributed by atoms with van der Waals surface area (Å²) in [4.78, 5) is 7.86. The molecule has 0 fully saturated rings. The van der Waals surface area contributed by atoms with Gasteiger partial charge in [-0.2, -0.15) is 11.3 Å². The van der Waals surface area contributed by atoms with Crippen LogP contribution in [0.1, 0.15) is 11.7 Å². The molecule has 0 amide bonds. The number of aromatic nitrogens is 2. The fraction of sp³-hybridized carbons (Fsp3) is 0.273. The Bertz CT molecular complexity index is 504. The van der Waals surface area contributed by atoms with Gasteiger partial charge in [-0.05, 0) is 22.4 Å². The summed E-state index contributed by atoms with van der Waals surface area (Å²) in [7, 11) is 1.50. The fourth-order valence-corrected chi connectivity index (χ4v) is 2.20. The number of nitrogens with two attached hydrogens (primary N) is 1. The first kappa shape index (κ1) is 12.6. The first-order valence-electron chi connectivity index (χ1n) is 5.31. The highest BCUT2D eigenvalue weighted by Gasteiger charge is 2.12. The lowest BCUT2D eigenvalue weighted by molar-refractivity contribution is 0.192. The number of anilines is 2. The van der Waals surface area contributed by atoms with E-state index in [2.05, 4.69) is 15.3 Å². The number of rotatable bonds is 5. The highest BCUT2D eigenvalue weighted by molar-refractivity contribution is 7.07. The molecule has 2 aromatic heterocycles. The van der Waals surface area contributed by atoms with Crippen LogP contribution < -0.4 is 15.8 Å². The van der Waals surface area contributed by atoms with Crippen molar-refractivity contribution in [3.63, 3.8) is 0 Å². The molecule has 2 heterocycles. The number of nitrogen functional groups attached to an aromatic ring is 1. The van der Waals surface area contributed by atoms with Crippen molar-refractivity contribution in [2.24, 2.45) is 0 Å². The van der Waals surface area contributed by atoms with Gasteiger partial charge in [0.25, 0.3) is 0 Å². The van der Waals surface area contributed by atoms with Gasteiger partial charge in [-0.25, -0.2) is 9.97 Å². The summed E-state index contributed by atoms with van der Waals surface area (Å²) in [5.74, 6) is 1.12. The summed E-state index contributed by atoms with van der Waals surface area (Å²) in [5.41, 5.74) is 6.52. The molecule has 2 aromatic rings. The molecule has 0 aliphatic carbocycles. The molecule has 6 nitrogen and oxygen atoms in total. The Morgan fingerprint density at radius 1 is 1.56 bits per heavy atom. The van der Waals surface area contributed by atoms with Crippen molar-refractivity contribution in [3.05, 3.63) is 28.7 Å². The van der Waals surface area contributed by atoms with E-state index in [0.717, 1.165) is 5.56 Å². The number of ether oxygens (including phenoxy) is 1. The van der Waals surface area contributed by atoms with Crippen LogP contribution in [0.2, 0.25) is 0 Å². The lowest BCUT2D eigenvalue weighted by atomic mass is 10.2. The molecule has 0 spiro atoms. The highest BCUT2D eigenvalue weighted by Crippen LogP contribution is 2.27. The average Bonchev–Trinajstić information content (AvgIpc) is 2.90. The number of aliphatic hydroxyl groups excluding tert-OH is 1. The van der Waals surface area contributed by atoms with E-state index in [1.165, 1.54) is 13.4 Å². The fourth-order valence-electron chi connectivity index (χ4n) is 1.49. The van der Waals surface area contributed by atoms with Crippen molar-refractivity contribution in [3.8, 4) is 5.75 Å². The van der Waals surface area contributed by atoms with Crippen molar-refractivity contribution >= 4 is 23.0 Å². The Kier molecular flexibility index (Phi) is 3.96. The van der Waals surface area contributed by atoms with E-state index in [-0.39, 0.29) is 5.82 Å². The molecule has 0 aliphatic rings. The van der Waals surface area contributed by atoms with Crippen LogP contribution in [0, 0.1) is 0 Å². The highest BCUT2D eigenvalue weighted by atomic mass is 32.1. The molecule has 0 saturated carbocycles. The maximum absolute atomic E-state index is 9.93. The number of hydrogen-bond acceptors (Lipinski definition) is 7. The summed E-state index contributed by atoms with van der Waals surface area (Å²) >= 11 is 1.54. The molecular weight excluding hydrogens is 252 g/mol. The number of hydrogen-bond donors (Lipinski definition) is 3. The first-order chi connectivity index (χ1) is 8.72. The van der Waals surface area contributed by atoms with Crippen molar-refractivity contribution < 1.29 is 9.84 Å². The van der Waals surface area contributed by atoms with Gasteiger partial charge in [0, 0.05) is 6.54 Å². The van der Waals surface area contributed by atoms with Crippen molar-refractivity contribution in [2.45, 2.75) is 6.10 Å². The molecule has 7 heteroatoms. The van der Waals surface area contributed by atoms with Crippen LogP contribution in [0.25, 0.3) is 0 Å². The van der Waals surface area contributed by atoms with Crippen molar-refractivity contribution in [1.29, 1.82) is 0 Å². The molecule has 0 bridgehead atoms. The third-order valence-electron chi connectivity index (χ3n) is 2.43. The quantitative estimate of drug-likeness (QED) is 0.754. The molecular formula is C11H14N4O2S. The van der Waals surface area contributed by atoms with Gasteiger partial charge in [-0.15, -0.1) is 0 Å². The summed E-state index contributed by atoms with van der Waals surface area (Å²) in [6.07, 6.45) is 0.745. The molecule has 4 N–H and O–H groups in total. The van der Waals surface area contributed by atoms with Crippen molar-refractivity contribution in [1.82, 2.24) is 9.97 Å². The molecule has 18 heavy (non-hydrogen) atoms. The van der Waals surface area contributed by atoms with E-state index in [1.54, 1.807) is 11.3 Å². The number of thiophene rings is 1. The zero-order valence-corrected chi connectivity index (χ0v) is 10.6. The van der Waals surface area contributed by atoms with Crippen LogP contribution in [0.5, 0.6) is 5.75 Å². The smallest absolute Gasteiger partial charge is 0.203 e. The summed E-state index contributed by atoms with van der Waals surface area (Å²) < 4.78 is 5.11. The van der Waals surface area contributed by atoms with Crippen molar-refractivity contribution in [2.75, 3.05) is 24.7 Å². The van der Waals surface area contributed by atoms with Crippen LogP contribution in [0.3, 0.4) is 0 Å². The van der Waals surface area contributed by atoms with Gasteiger partial charge in [0.05, 0.1) is 13.2 Å². The topological polar surface area (TPSA) is 93.3 Å². The van der Waals surface area contributed by atoms with E-state index in [9.17, 15) is 5.11 Å². The van der Waals surface area contributed by atoms with Gasteiger partial charge in [-0.3, -0.25) is 0 Å². The zero-order chi connectivity index (χ0) is 13.0. The third-order valence-corrected chi connectivity index (χ3v) is 3.13. The van der Waals surface area contributed by atoms with Gasteiger partial charge >= 0.3 is 0 Å². The number of nitrogens with one attached hydrogen (secondary N) is 1. The minimum Gasteiger partial charge on any atom is -0.490 e. The Balaban J connectivity index is 2.04. The van der Waals surface area contributed by atoms with Crippen LogP contribution in [0.15, 0.2) is 23.2 Å². The molecule has 0 aliphatic heterocycles. The molecule has 0 aromatic carbocycles. The van der Waals surface area contributed by atoms with Crippen LogP contribution in [-0.4, -0.2) is 28.7 Å². The van der Waals surface area contributed by atoms with E-state index in [4.69, 9.17) is 10.5 Å². The maximum Gasteiger partial charge on any atom is 0.203 e. The van der Waals surface area contributed by atoms with E-state index in [1.807, 2.05) is 16.8 Å². The average molecular weight is 266 g/mol. The van der Waals surface area contributed by atoms with E-state index in [0.29, 0.717) is 18.1 Å². The predicted molar refractivity (Wildman–Crippen MR) is 70.8 cm³/mol. The number of methoxy groups -OCH3 is 1. The molecule has 2 rings (SSSR count). The summed E-state index contributed by atoms with van der Waals surface area (Å²) in [6, 6.07) is 1.88. The SMILES string of the molecule is COc1c(N)ncnc1NCC(O)c1ccsc1. The minimum atomic E-state index is -0.600. The molecule has 0 saturated heterocycles. The molecule has 0 radical (unpaired) electrons. The second kappa shape index (κ2) is 5.65. The Morgan fingerprint density at radius 3 is 3.06 bits per heavy atom. The third kappa shape index (κ3) is 2.69. The minimum absolute atomic E-state index is 0.264. The van der Waals surface area contributed by atoms with Crippen LogP contribution in [-0.2, 0) is 0 Å².